The molecule has 0 saturated heterocycles. The number of hydrogen-bond acceptors (Lipinski definition) is 2. The maximum atomic E-state index is 9.92. The highest BCUT2D eigenvalue weighted by atomic mass is 16.4. The molecule has 0 spiro atoms. The van der Waals surface area contributed by atoms with Crippen LogP contribution in [0.25, 0.3) is 0 Å². The van der Waals surface area contributed by atoms with Crippen LogP contribution in [0.5, 0.6) is 0 Å². The molecule has 0 radical (unpaired) electrons. The van der Waals surface area contributed by atoms with Gasteiger partial charge >= 0.3 is 0 Å². The van der Waals surface area contributed by atoms with Gasteiger partial charge in [-0.2, -0.15) is 0 Å². The highest BCUT2D eigenvalue weighted by Gasteiger charge is 1.92. The average Bonchev–Trinajstić information content (AvgIpc) is 2.39. The van der Waals surface area contributed by atoms with E-state index in [2.05, 4.69) is 12.2 Å². The zero-order valence-electron chi connectivity index (χ0n) is 12.2. The third-order valence-electron chi connectivity index (χ3n) is 3.26. The van der Waals surface area contributed by atoms with Crippen molar-refractivity contribution in [3.05, 3.63) is 5.21 Å². The highest BCUT2D eigenvalue weighted by Crippen LogP contribution is 2.10. The molecule has 0 heterocycles. The molecule has 18 heavy (non-hydrogen) atoms. The van der Waals surface area contributed by atoms with Gasteiger partial charge in [-0.1, -0.05) is 64.7 Å². The van der Waals surface area contributed by atoms with Crippen LogP contribution in [0.1, 0.15) is 77.6 Å². The Kier molecular flexibility index (Phi) is 15.9. The summed E-state index contributed by atoms with van der Waals surface area (Å²) in [6.07, 6.45) is 16.2. The molecular weight excluding hydrogens is 224 g/mol. The first-order chi connectivity index (χ1) is 8.91. The Bertz CT molecular complexity index is 172. The molecule has 0 bridgehead atoms. The Morgan fingerprint density at radius 2 is 1.39 bits per heavy atom. The fourth-order valence-electron chi connectivity index (χ4n) is 2.10. The number of nitrogens with one attached hydrogen (secondary N) is 2. The Morgan fingerprint density at radius 1 is 0.833 bits per heavy atom. The van der Waals surface area contributed by atoms with Crippen molar-refractivity contribution in [1.29, 1.82) is 0 Å². The van der Waals surface area contributed by atoms with Gasteiger partial charge in [-0.05, 0) is 13.0 Å². The Hall–Kier alpha value is -0.570. The van der Waals surface area contributed by atoms with Crippen molar-refractivity contribution in [3.8, 4) is 0 Å². The summed E-state index contributed by atoms with van der Waals surface area (Å²) in [5.41, 5.74) is 0. The normalized spacial score (nSPS) is 11.4. The maximum Gasteiger partial charge on any atom is 0.150 e. The minimum absolute atomic E-state index is 0.807. The van der Waals surface area contributed by atoms with Crippen molar-refractivity contribution in [3.63, 3.8) is 0 Å². The van der Waals surface area contributed by atoms with Crippen LogP contribution in [-0.4, -0.2) is 19.3 Å². The van der Waals surface area contributed by atoms with Gasteiger partial charge in [0.1, 0.15) is 6.21 Å². The molecule has 0 aliphatic rings. The lowest BCUT2D eigenvalue weighted by Crippen LogP contribution is -2.60. The molecule has 0 aromatic rings. The molecule has 0 amide bonds. The van der Waals surface area contributed by atoms with E-state index < -0.39 is 0 Å². The minimum atomic E-state index is 0.807. The van der Waals surface area contributed by atoms with E-state index in [0.717, 1.165) is 19.5 Å². The average molecular weight is 256 g/mol. The molecule has 0 aromatic carbocycles. The maximum absolute atomic E-state index is 9.92. The van der Waals surface area contributed by atoms with Gasteiger partial charge in [0.2, 0.25) is 0 Å². The summed E-state index contributed by atoms with van der Waals surface area (Å²) in [4.78, 5) is 0. The standard InChI is InChI=1S/C15H32N2O/c1-2-3-4-5-6-7-8-9-10-11-13-16-14-12-15-17-18/h15-17H,2-14H2,1H3. The molecule has 0 unspecified atom stereocenters. The first-order valence-corrected chi connectivity index (χ1v) is 7.82. The van der Waals surface area contributed by atoms with E-state index in [0.29, 0.717) is 0 Å². The molecule has 0 aliphatic heterocycles. The summed E-state index contributed by atoms with van der Waals surface area (Å²) >= 11 is 0. The Morgan fingerprint density at radius 3 is 1.94 bits per heavy atom. The molecule has 2 N–H and O–H groups in total. The van der Waals surface area contributed by atoms with E-state index in [-0.39, 0.29) is 0 Å². The van der Waals surface area contributed by atoms with Crippen molar-refractivity contribution in [2.45, 2.75) is 77.6 Å². The van der Waals surface area contributed by atoms with Crippen molar-refractivity contribution in [1.82, 2.24) is 5.32 Å². The van der Waals surface area contributed by atoms with Gasteiger partial charge in [-0.15, -0.1) is 0 Å². The molecule has 3 heteroatoms. The smallest absolute Gasteiger partial charge is 0.150 e. The predicted molar refractivity (Wildman–Crippen MR) is 79.7 cm³/mol. The largest absolute Gasteiger partial charge is 0.626 e. The van der Waals surface area contributed by atoms with Gasteiger partial charge in [-0.25, -0.2) is 5.16 Å². The van der Waals surface area contributed by atoms with E-state index in [1.807, 2.05) is 0 Å². The van der Waals surface area contributed by atoms with Gasteiger partial charge in [0.15, 0.2) is 0 Å². The molecule has 0 aliphatic carbocycles. The lowest BCUT2D eigenvalue weighted by atomic mass is 10.1. The second kappa shape index (κ2) is 16.4. The van der Waals surface area contributed by atoms with Crippen LogP contribution < -0.4 is 10.5 Å². The summed E-state index contributed by atoms with van der Waals surface area (Å²) in [7, 11) is 0. The summed E-state index contributed by atoms with van der Waals surface area (Å²) in [5.74, 6) is 0. The third-order valence-corrected chi connectivity index (χ3v) is 3.26. The highest BCUT2D eigenvalue weighted by molar-refractivity contribution is 5.50. The lowest BCUT2D eigenvalue weighted by molar-refractivity contribution is -0.368. The zero-order chi connectivity index (χ0) is 13.3. The van der Waals surface area contributed by atoms with Crippen molar-refractivity contribution >= 4 is 6.21 Å². The van der Waals surface area contributed by atoms with Gasteiger partial charge in [0, 0.05) is 13.0 Å². The second-order valence-corrected chi connectivity index (χ2v) is 5.04. The lowest BCUT2D eigenvalue weighted by Gasteiger charge is -2.03. The summed E-state index contributed by atoms with van der Waals surface area (Å²) in [6, 6.07) is 0. The van der Waals surface area contributed by atoms with Gasteiger partial charge in [-0.3, -0.25) is 0 Å². The Balaban J connectivity index is 2.90. The molecule has 0 saturated carbocycles. The number of unbranched alkanes of at least 4 members (excludes halogenated alkanes) is 9. The topological polar surface area (TPSA) is 49.1 Å². The first kappa shape index (κ1) is 17.4. The van der Waals surface area contributed by atoms with Crippen molar-refractivity contribution < 1.29 is 5.16 Å². The van der Waals surface area contributed by atoms with E-state index >= 15 is 0 Å². The molecule has 0 aromatic heterocycles. The summed E-state index contributed by atoms with van der Waals surface area (Å²) in [5, 5.41) is 15.0. The molecular formula is C15H32N2O. The van der Waals surface area contributed by atoms with Gasteiger partial charge in [0.05, 0.1) is 0 Å². The van der Waals surface area contributed by atoms with E-state index in [4.69, 9.17) is 0 Å². The zero-order valence-corrected chi connectivity index (χ0v) is 12.2. The molecule has 0 fully saturated rings. The van der Waals surface area contributed by atoms with E-state index in [1.165, 1.54) is 64.2 Å². The molecule has 0 atom stereocenters. The molecule has 0 rings (SSSR count). The van der Waals surface area contributed by atoms with E-state index in [1.54, 1.807) is 11.4 Å². The van der Waals surface area contributed by atoms with E-state index in [9.17, 15) is 5.21 Å². The van der Waals surface area contributed by atoms with Crippen LogP contribution in [0.15, 0.2) is 0 Å². The third kappa shape index (κ3) is 15.4. The van der Waals surface area contributed by atoms with Crippen LogP contribution in [0.2, 0.25) is 0 Å². The first-order valence-electron chi connectivity index (χ1n) is 7.82. The minimum Gasteiger partial charge on any atom is -0.626 e. The molecule has 3 nitrogen and oxygen atoms in total. The Labute approximate surface area is 113 Å². The van der Waals surface area contributed by atoms with Gasteiger partial charge in [0.25, 0.3) is 0 Å². The van der Waals surface area contributed by atoms with Crippen molar-refractivity contribution in [2.75, 3.05) is 13.1 Å². The monoisotopic (exact) mass is 256 g/mol. The van der Waals surface area contributed by atoms with Gasteiger partial charge < -0.3 is 10.5 Å². The number of hydrogen-bond donors (Lipinski definition) is 2. The van der Waals surface area contributed by atoms with Crippen LogP contribution in [0, 0.1) is 5.21 Å². The van der Waals surface area contributed by atoms with Crippen LogP contribution >= 0.6 is 0 Å². The summed E-state index contributed by atoms with van der Waals surface area (Å²) < 4.78 is 0. The fraction of sp³-hybridized carbons (Fsp3) is 0.933. The molecule has 108 valence electrons. The second-order valence-electron chi connectivity index (χ2n) is 5.04. The quantitative estimate of drug-likeness (QED) is 0.217. The predicted octanol–water partition coefficient (Wildman–Crippen LogP) is 2.54. The summed E-state index contributed by atoms with van der Waals surface area (Å²) in [6.45, 7) is 4.26. The van der Waals surface area contributed by atoms with Crippen LogP contribution in [0.3, 0.4) is 0 Å². The SMILES string of the molecule is CCCCCCCCCCCCNCCC=[NH+][O-]. The van der Waals surface area contributed by atoms with Crippen LogP contribution in [-0.2, 0) is 0 Å². The fourth-order valence-corrected chi connectivity index (χ4v) is 2.10. The van der Waals surface area contributed by atoms with Crippen molar-refractivity contribution in [2.24, 2.45) is 0 Å². The van der Waals surface area contributed by atoms with Crippen LogP contribution in [0.4, 0.5) is 0 Å². The number of rotatable bonds is 14.